The van der Waals surface area contributed by atoms with Gasteiger partial charge < -0.3 is 10.0 Å². The average Bonchev–Trinajstić information content (AvgIpc) is 2.12. The molecule has 0 aromatic rings. The second kappa shape index (κ2) is 2.48. The van der Waals surface area contributed by atoms with Gasteiger partial charge in [-0.25, -0.2) is 0 Å². The van der Waals surface area contributed by atoms with Crippen LogP contribution in [0.5, 0.6) is 0 Å². The normalized spacial score (nSPS) is 21.8. The van der Waals surface area contributed by atoms with E-state index in [9.17, 15) is 0 Å². The fraction of sp³-hybridized carbons (Fsp3) is 1.00. The highest BCUT2D eigenvalue weighted by molar-refractivity contribution is 6.37. The largest absolute Gasteiger partial charge is 0.552 e. The summed E-state index contributed by atoms with van der Waals surface area (Å²) >= 11 is 0. The summed E-state index contributed by atoms with van der Waals surface area (Å²) in [4.78, 5) is 1.64. The molecule has 0 unspecified atom stereocenters. The SMILES string of the molecule is OB(O)N1CCCC1. The van der Waals surface area contributed by atoms with E-state index in [0.717, 1.165) is 25.9 Å². The fourth-order valence-corrected chi connectivity index (χ4v) is 0.973. The van der Waals surface area contributed by atoms with Crippen LogP contribution in [-0.2, 0) is 0 Å². The lowest BCUT2D eigenvalue weighted by atomic mass is 10.1. The van der Waals surface area contributed by atoms with E-state index in [1.165, 1.54) is 0 Å². The highest BCUT2D eigenvalue weighted by Gasteiger charge is 2.22. The zero-order valence-electron chi connectivity index (χ0n) is 4.75. The Balaban J connectivity index is 2.24. The average molecular weight is 115 g/mol. The molecule has 1 rings (SSSR count). The highest BCUT2D eigenvalue weighted by Crippen LogP contribution is 2.05. The lowest BCUT2D eigenvalue weighted by Crippen LogP contribution is -2.36. The Hall–Kier alpha value is -0.0551. The summed E-state index contributed by atoms with van der Waals surface area (Å²) in [5.74, 6) is 0. The third-order valence-corrected chi connectivity index (χ3v) is 1.47. The monoisotopic (exact) mass is 115 g/mol. The number of nitrogens with zero attached hydrogens (tertiary/aromatic N) is 1. The maximum atomic E-state index is 8.53. The first-order valence-corrected chi connectivity index (χ1v) is 2.91. The maximum absolute atomic E-state index is 8.53. The van der Waals surface area contributed by atoms with Crippen LogP contribution in [0, 0.1) is 0 Å². The number of hydrogen-bond acceptors (Lipinski definition) is 3. The van der Waals surface area contributed by atoms with Crippen LogP contribution in [0.15, 0.2) is 0 Å². The van der Waals surface area contributed by atoms with Crippen molar-refractivity contribution in [2.45, 2.75) is 12.8 Å². The van der Waals surface area contributed by atoms with Gasteiger partial charge in [0.25, 0.3) is 0 Å². The van der Waals surface area contributed by atoms with Crippen molar-refractivity contribution >= 4 is 7.25 Å². The molecule has 1 aliphatic heterocycles. The van der Waals surface area contributed by atoms with Gasteiger partial charge in [0.2, 0.25) is 0 Å². The van der Waals surface area contributed by atoms with Gasteiger partial charge in [0.05, 0.1) is 0 Å². The van der Waals surface area contributed by atoms with Gasteiger partial charge in [0, 0.05) is 0 Å². The molecule has 3 nitrogen and oxygen atoms in total. The van der Waals surface area contributed by atoms with Crippen molar-refractivity contribution in [1.29, 1.82) is 0 Å². The van der Waals surface area contributed by atoms with Crippen LogP contribution in [0.1, 0.15) is 12.8 Å². The van der Waals surface area contributed by atoms with Crippen LogP contribution >= 0.6 is 0 Å². The van der Waals surface area contributed by atoms with E-state index in [4.69, 9.17) is 10.0 Å². The topological polar surface area (TPSA) is 43.7 Å². The minimum absolute atomic E-state index is 0.831. The predicted molar refractivity (Wildman–Crippen MR) is 31.0 cm³/mol. The Labute approximate surface area is 49.1 Å². The van der Waals surface area contributed by atoms with Gasteiger partial charge in [-0.1, -0.05) is 0 Å². The first-order chi connectivity index (χ1) is 3.80. The maximum Gasteiger partial charge on any atom is 0.552 e. The van der Waals surface area contributed by atoms with Crippen molar-refractivity contribution in [1.82, 2.24) is 4.81 Å². The zero-order chi connectivity index (χ0) is 5.98. The van der Waals surface area contributed by atoms with Crippen molar-refractivity contribution in [2.75, 3.05) is 13.1 Å². The van der Waals surface area contributed by atoms with Gasteiger partial charge in [-0.05, 0) is 25.9 Å². The number of hydrogen-bond donors (Lipinski definition) is 2. The van der Waals surface area contributed by atoms with E-state index in [2.05, 4.69) is 0 Å². The minimum Gasteiger partial charge on any atom is -0.413 e. The summed E-state index contributed by atoms with van der Waals surface area (Å²) in [5.41, 5.74) is 0. The Morgan fingerprint density at radius 3 is 1.88 bits per heavy atom. The number of rotatable bonds is 1. The van der Waals surface area contributed by atoms with Gasteiger partial charge in [-0.15, -0.1) is 0 Å². The molecular weight excluding hydrogens is 105 g/mol. The van der Waals surface area contributed by atoms with Gasteiger partial charge >= 0.3 is 7.25 Å². The minimum atomic E-state index is -1.22. The molecule has 0 spiro atoms. The molecule has 0 aromatic carbocycles. The molecule has 1 heterocycles. The van der Waals surface area contributed by atoms with Crippen molar-refractivity contribution in [3.05, 3.63) is 0 Å². The standard InChI is InChI=1S/C4H10BNO2/c7-5(8)6-3-1-2-4-6/h7-8H,1-4H2. The summed E-state index contributed by atoms with van der Waals surface area (Å²) in [5, 5.41) is 17.1. The Morgan fingerprint density at radius 1 is 1.12 bits per heavy atom. The van der Waals surface area contributed by atoms with E-state index in [0.29, 0.717) is 0 Å². The van der Waals surface area contributed by atoms with Gasteiger partial charge in [-0.2, -0.15) is 0 Å². The molecule has 1 saturated heterocycles. The molecular formula is C4H10BNO2. The predicted octanol–water partition coefficient (Wildman–Crippen LogP) is -0.948. The summed E-state index contributed by atoms with van der Waals surface area (Å²) in [6, 6.07) is 0. The van der Waals surface area contributed by atoms with Crippen LogP contribution in [0.2, 0.25) is 0 Å². The smallest absolute Gasteiger partial charge is 0.413 e. The van der Waals surface area contributed by atoms with Crippen molar-refractivity contribution in [3.8, 4) is 0 Å². The van der Waals surface area contributed by atoms with Crippen molar-refractivity contribution in [2.24, 2.45) is 0 Å². The molecule has 0 aromatic heterocycles. The van der Waals surface area contributed by atoms with E-state index in [1.54, 1.807) is 4.81 Å². The molecule has 46 valence electrons. The molecule has 0 saturated carbocycles. The Kier molecular flexibility index (Phi) is 1.88. The third-order valence-electron chi connectivity index (χ3n) is 1.47. The summed E-state index contributed by atoms with van der Waals surface area (Å²) in [6.45, 7) is 1.66. The molecule has 1 fully saturated rings. The third kappa shape index (κ3) is 1.21. The van der Waals surface area contributed by atoms with Crippen LogP contribution in [0.25, 0.3) is 0 Å². The molecule has 1 aliphatic rings. The first-order valence-electron chi connectivity index (χ1n) is 2.91. The molecule has 0 radical (unpaired) electrons. The lowest BCUT2D eigenvalue weighted by Gasteiger charge is -2.10. The van der Waals surface area contributed by atoms with E-state index in [-0.39, 0.29) is 0 Å². The Morgan fingerprint density at radius 2 is 1.62 bits per heavy atom. The van der Waals surface area contributed by atoms with E-state index >= 15 is 0 Å². The van der Waals surface area contributed by atoms with Gasteiger partial charge in [-0.3, -0.25) is 4.81 Å². The molecule has 8 heavy (non-hydrogen) atoms. The van der Waals surface area contributed by atoms with Crippen LogP contribution in [0.3, 0.4) is 0 Å². The highest BCUT2D eigenvalue weighted by atomic mass is 16.4. The Bertz CT molecular complexity index is 72.4. The zero-order valence-corrected chi connectivity index (χ0v) is 4.75. The summed E-state index contributed by atoms with van der Waals surface area (Å²) in [6.07, 6.45) is 2.19. The van der Waals surface area contributed by atoms with Gasteiger partial charge in [0.15, 0.2) is 0 Å². The van der Waals surface area contributed by atoms with Crippen molar-refractivity contribution < 1.29 is 10.0 Å². The molecule has 0 bridgehead atoms. The van der Waals surface area contributed by atoms with Crippen LogP contribution < -0.4 is 0 Å². The quantitative estimate of drug-likeness (QED) is 0.433. The van der Waals surface area contributed by atoms with E-state index in [1.807, 2.05) is 0 Å². The molecule has 0 aliphatic carbocycles. The summed E-state index contributed by atoms with van der Waals surface area (Å²) < 4.78 is 0. The van der Waals surface area contributed by atoms with Crippen molar-refractivity contribution in [3.63, 3.8) is 0 Å². The first kappa shape index (κ1) is 6.07. The summed E-state index contributed by atoms with van der Waals surface area (Å²) in [7, 11) is -1.22. The second-order valence-electron chi connectivity index (χ2n) is 2.09. The fourth-order valence-electron chi connectivity index (χ4n) is 0.973. The lowest BCUT2D eigenvalue weighted by molar-refractivity contribution is 0.300. The van der Waals surface area contributed by atoms with E-state index < -0.39 is 7.25 Å². The molecule has 0 amide bonds. The van der Waals surface area contributed by atoms with Crippen LogP contribution in [0.4, 0.5) is 0 Å². The molecule has 0 atom stereocenters. The van der Waals surface area contributed by atoms with Crippen LogP contribution in [-0.4, -0.2) is 35.2 Å². The molecule has 4 heteroatoms. The second-order valence-corrected chi connectivity index (χ2v) is 2.09. The molecule has 2 N–H and O–H groups in total. The van der Waals surface area contributed by atoms with Gasteiger partial charge in [0.1, 0.15) is 0 Å².